The van der Waals surface area contributed by atoms with Gasteiger partial charge in [-0.1, -0.05) is 18.2 Å². The van der Waals surface area contributed by atoms with Crippen LogP contribution < -0.4 is 4.74 Å². The summed E-state index contributed by atoms with van der Waals surface area (Å²) in [6, 6.07) is 7.94. The summed E-state index contributed by atoms with van der Waals surface area (Å²) >= 11 is 7.18. The third-order valence-electron chi connectivity index (χ3n) is 2.53. The van der Waals surface area contributed by atoms with E-state index >= 15 is 0 Å². The largest absolute Gasteiger partial charge is 0.464 e. The maximum Gasteiger partial charge on any atom is 0.321 e. The number of aromatic nitrogens is 5. The molecule has 0 saturated heterocycles. The highest BCUT2D eigenvalue weighted by atomic mass is 35.5. The number of halogens is 1. The molecule has 0 fully saturated rings. The van der Waals surface area contributed by atoms with Crippen LogP contribution in [0, 0.1) is 0 Å². The van der Waals surface area contributed by atoms with E-state index < -0.39 is 0 Å². The van der Waals surface area contributed by atoms with E-state index in [0.717, 1.165) is 15.9 Å². The Morgan fingerprint density at radius 3 is 2.86 bits per heavy atom. The number of benzene rings is 1. The Labute approximate surface area is 130 Å². The van der Waals surface area contributed by atoms with Crippen molar-refractivity contribution in [3.05, 3.63) is 35.9 Å². The van der Waals surface area contributed by atoms with Crippen LogP contribution in [0.25, 0.3) is 10.9 Å². The standard InChI is InChI=1S/C13H10ClN5OS/c1-2-20-12-17-11(14)18-13(19-12)21-10-8-5-3-4-6-9(8)15-7-16-10/h3-7H,2H2,1H3. The third-order valence-corrected chi connectivity index (χ3v) is 3.59. The van der Waals surface area contributed by atoms with Gasteiger partial charge >= 0.3 is 6.01 Å². The molecule has 0 saturated carbocycles. The van der Waals surface area contributed by atoms with Crippen LogP contribution in [0.2, 0.25) is 5.28 Å². The van der Waals surface area contributed by atoms with Crippen LogP contribution >= 0.6 is 23.4 Å². The first kappa shape index (κ1) is 14.0. The van der Waals surface area contributed by atoms with Gasteiger partial charge < -0.3 is 4.74 Å². The molecule has 0 radical (unpaired) electrons. The smallest absolute Gasteiger partial charge is 0.321 e. The van der Waals surface area contributed by atoms with Crippen molar-refractivity contribution in [2.24, 2.45) is 0 Å². The highest BCUT2D eigenvalue weighted by Gasteiger charge is 2.11. The van der Waals surface area contributed by atoms with Crippen molar-refractivity contribution in [2.45, 2.75) is 17.1 Å². The molecular formula is C13H10ClN5OS. The van der Waals surface area contributed by atoms with E-state index in [-0.39, 0.29) is 11.3 Å². The lowest BCUT2D eigenvalue weighted by Gasteiger charge is -2.05. The van der Waals surface area contributed by atoms with Crippen molar-refractivity contribution in [3.8, 4) is 6.01 Å². The van der Waals surface area contributed by atoms with Crippen molar-refractivity contribution in [3.63, 3.8) is 0 Å². The lowest BCUT2D eigenvalue weighted by Crippen LogP contribution is -2.00. The molecule has 0 unspecified atom stereocenters. The summed E-state index contributed by atoms with van der Waals surface area (Å²) in [6.07, 6.45) is 1.51. The number of rotatable bonds is 4. The number of hydrogen-bond acceptors (Lipinski definition) is 7. The van der Waals surface area contributed by atoms with Gasteiger partial charge in [-0.2, -0.15) is 15.0 Å². The summed E-state index contributed by atoms with van der Waals surface area (Å²) in [5.41, 5.74) is 0.861. The maximum atomic E-state index is 5.88. The van der Waals surface area contributed by atoms with E-state index in [0.29, 0.717) is 11.8 Å². The van der Waals surface area contributed by atoms with E-state index in [9.17, 15) is 0 Å². The molecule has 0 bridgehead atoms. The van der Waals surface area contributed by atoms with Gasteiger partial charge in [0.2, 0.25) is 10.4 Å². The lowest BCUT2D eigenvalue weighted by atomic mass is 10.2. The fourth-order valence-electron chi connectivity index (χ4n) is 1.70. The first-order valence-corrected chi connectivity index (χ1v) is 7.37. The molecule has 0 N–H and O–H groups in total. The summed E-state index contributed by atoms with van der Waals surface area (Å²) < 4.78 is 5.26. The van der Waals surface area contributed by atoms with Crippen LogP contribution in [0.15, 0.2) is 40.8 Å². The van der Waals surface area contributed by atoms with Crippen LogP contribution in [0.1, 0.15) is 6.92 Å². The summed E-state index contributed by atoms with van der Waals surface area (Å²) in [5, 5.41) is 2.21. The summed E-state index contributed by atoms with van der Waals surface area (Å²) in [7, 11) is 0. The minimum atomic E-state index is 0.0920. The highest BCUT2D eigenvalue weighted by Crippen LogP contribution is 2.29. The van der Waals surface area contributed by atoms with E-state index in [1.165, 1.54) is 18.1 Å². The van der Waals surface area contributed by atoms with E-state index in [1.807, 2.05) is 31.2 Å². The first-order valence-electron chi connectivity index (χ1n) is 6.18. The van der Waals surface area contributed by atoms with Gasteiger partial charge in [0.1, 0.15) is 11.4 Å². The average Bonchev–Trinajstić information content (AvgIpc) is 2.47. The second-order valence-electron chi connectivity index (χ2n) is 3.90. The number of ether oxygens (including phenoxy) is 1. The molecule has 2 heterocycles. The molecule has 3 aromatic rings. The predicted octanol–water partition coefficient (Wildman–Crippen LogP) is 3.02. The van der Waals surface area contributed by atoms with E-state index in [2.05, 4.69) is 24.9 Å². The molecule has 6 nitrogen and oxygen atoms in total. The fourth-order valence-corrected chi connectivity index (χ4v) is 2.72. The predicted molar refractivity (Wildman–Crippen MR) is 79.7 cm³/mol. The first-order chi connectivity index (χ1) is 10.3. The molecule has 2 aromatic heterocycles. The van der Waals surface area contributed by atoms with Crippen molar-refractivity contribution in [1.29, 1.82) is 0 Å². The van der Waals surface area contributed by atoms with Crippen LogP contribution in [-0.2, 0) is 0 Å². The second-order valence-corrected chi connectivity index (χ2v) is 5.19. The topological polar surface area (TPSA) is 73.7 Å². The Morgan fingerprint density at radius 2 is 2.00 bits per heavy atom. The Bertz CT molecular complexity index is 780. The molecule has 8 heteroatoms. The molecule has 0 aliphatic heterocycles. The number of nitrogens with zero attached hydrogens (tertiary/aromatic N) is 5. The van der Waals surface area contributed by atoms with Crippen LogP contribution in [0.5, 0.6) is 6.01 Å². The van der Waals surface area contributed by atoms with Crippen molar-refractivity contribution in [1.82, 2.24) is 24.9 Å². The van der Waals surface area contributed by atoms with E-state index in [1.54, 1.807) is 0 Å². The minimum absolute atomic E-state index is 0.0920. The SMILES string of the molecule is CCOc1nc(Cl)nc(Sc2ncnc3ccccc23)n1. The molecule has 0 amide bonds. The minimum Gasteiger partial charge on any atom is -0.464 e. The zero-order chi connectivity index (χ0) is 14.7. The quantitative estimate of drug-likeness (QED) is 0.684. The van der Waals surface area contributed by atoms with Gasteiger partial charge in [0.15, 0.2) is 0 Å². The average molecular weight is 320 g/mol. The third kappa shape index (κ3) is 3.20. The molecule has 3 rings (SSSR count). The summed E-state index contributed by atoms with van der Waals surface area (Å²) in [6.45, 7) is 2.31. The molecule has 0 atom stereocenters. The van der Waals surface area contributed by atoms with Gasteiger partial charge in [0, 0.05) is 5.39 Å². The molecule has 1 aromatic carbocycles. The van der Waals surface area contributed by atoms with E-state index in [4.69, 9.17) is 16.3 Å². The van der Waals surface area contributed by atoms with Gasteiger partial charge in [-0.15, -0.1) is 0 Å². The lowest BCUT2D eigenvalue weighted by molar-refractivity contribution is 0.307. The van der Waals surface area contributed by atoms with Crippen molar-refractivity contribution < 1.29 is 4.74 Å². The zero-order valence-corrected chi connectivity index (χ0v) is 12.6. The number of para-hydroxylation sites is 1. The molecular weight excluding hydrogens is 310 g/mol. The fraction of sp³-hybridized carbons (Fsp3) is 0.154. The highest BCUT2D eigenvalue weighted by molar-refractivity contribution is 7.99. The molecule has 21 heavy (non-hydrogen) atoms. The molecule has 0 aliphatic carbocycles. The van der Waals surface area contributed by atoms with Gasteiger partial charge in [0.05, 0.1) is 12.1 Å². The van der Waals surface area contributed by atoms with Gasteiger partial charge in [-0.3, -0.25) is 0 Å². The van der Waals surface area contributed by atoms with Gasteiger partial charge in [-0.05, 0) is 36.4 Å². The Kier molecular flexibility index (Phi) is 4.12. The normalized spacial score (nSPS) is 10.8. The monoisotopic (exact) mass is 319 g/mol. The summed E-state index contributed by atoms with van der Waals surface area (Å²) in [5.74, 6) is 0. The van der Waals surface area contributed by atoms with Crippen LogP contribution in [0.3, 0.4) is 0 Å². The van der Waals surface area contributed by atoms with Crippen LogP contribution in [0.4, 0.5) is 0 Å². The van der Waals surface area contributed by atoms with Gasteiger partial charge in [-0.25, -0.2) is 9.97 Å². The molecule has 0 spiro atoms. The Hall–Kier alpha value is -1.99. The second kappa shape index (κ2) is 6.19. The zero-order valence-electron chi connectivity index (χ0n) is 11.0. The Balaban J connectivity index is 1.98. The molecule has 106 valence electrons. The van der Waals surface area contributed by atoms with Crippen molar-refractivity contribution >= 4 is 34.3 Å². The summed E-state index contributed by atoms with van der Waals surface area (Å²) in [4.78, 5) is 20.7. The van der Waals surface area contributed by atoms with Crippen LogP contribution in [-0.4, -0.2) is 31.5 Å². The maximum absolute atomic E-state index is 5.88. The Morgan fingerprint density at radius 1 is 1.14 bits per heavy atom. The number of fused-ring (bicyclic) bond motifs is 1. The van der Waals surface area contributed by atoms with Gasteiger partial charge in [0.25, 0.3) is 0 Å². The molecule has 0 aliphatic rings. The number of hydrogen-bond donors (Lipinski definition) is 0. The van der Waals surface area contributed by atoms with Crippen molar-refractivity contribution in [2.75, 3.05) is 6.61 Å².